The van der Waals surface area contributed by atoms with E-state index in [0.29, 0.717) is 6.42 Å². The number of hydrogen-bond acceptors (Lipinski definition) is 4. The third-order valence-corrected chi connectivity index (χ3v) is 5.11. The molecule has 0 bridgehead atoms. The van der Waals surface area contributed by atoms with Crippen LogP contribution in [-0.2, 0) is 14.2 Å². The molecule has 1 unspecified atom stereocenters. The van der Waals surface area contributed by atoms with E-state index in [0.717, 1.165) is 12.8 Å². The van der Waals surface area contributed by atoms with E-state index in [1.165, 1.54) is 70.6 Å². The summed E-state index contributed by atoms with van der Waals surface area (Å²) >= 11 is 0. The number of allylic oxidation sites excluding steroid dienone is 1. The van der Waals surface area contributed by atoms with Gasteiger partial charge in [-0.2, -0.15) is 0 Å². The Morgan fingerprint density at radius 2 is 1.24 bits per heavy atom. The van der Waals surface area contributed by atoms with Gasteiger partial charge in [-0.3, -0.25) is 14.2 Å². The fraction of sp³-hybridized carbons (Fsp3) is 0.800. The molecule has 0 aromatic heterocycles. The van der Waals surface area contributed by atoms with Gasteiger partial charge < -0.3 is 25.7 Å². The van der Waals surface area contributed by atoms with Crippen molar-refractivity contribution in [1.82, 2.24) is 0 Å². The van der Waals surface area contributed by atoms with Crippen molar-refractivity contribution in [2.45, 2.75) is 96.0 Å². The van der Waals surface area contributed by atoms with Crippen LogP contribution in [0, 0.1) is 0 Å². The highest BCUT2D eigenvalue weighted by Crippen LogP contribution is 2.34. The van der Waals surface area contributed by atoms with E-state index >= 15 is 0 Å². The summed E-state index contributed by atoms with van der Waals surface area (Å²) in [6, 6.07) is 0. The van der Waals surface area contributed by atoms with Crippen LogP contribution in [0.4, 0.5) is 0 Å². The first-order valence-electron chi connectivity index (χ1n) is 10.4. The van der Waals surface area contributed by atoms with Crippen LogP contribution in [0.2, 0.25) is 0 Å². The number of amides is 1. The van der Waals surface area contributed by atoms with Crippen molar-refractivity contribution >= 4 is 19.5 Å². The summed E-state index contributed by atoms with van der Waals surface area (Å²) in [6.45, 7) is 3.73. The Balaban J connectivity index is 0. The van der Waals surface area contributed by atoms with Gasteiger partial charge >= 0.3 is 13.6 Å². The van der Waals surface area contributed by atoms with Crippen molar-refractivity contribution in [3.05, 3.63) is 12.7 Å². The molecule has 9 heteroatoms. The van der Waals surface area contributed by atoms with Crippen molar-refractivity contribution in [3.63, 3.8) is 0 Å². The van der Waals surface area contributed by atoms with E-state index in [9.17, 15) is 14.2 Å². The Labute approximate surface area is 174 Å². The quantitative estimate of drug-likeness (QED) is 0.124. The van der Waals surface area contributed by atoms with Crippen molar-refractivity contribution < 1.29 is 34.2 Å². The maximum absolute atomic E-state index is 10.3. The predicted octanol–water partition coefficient (Wildman–Crippen LogP) is 3.73. The highest BCUT2D eigenvalue weighted by molar-refractivity contribution is 7.51. The summed E-state index contributed by atoms with van der Waals surface area (Å²) in [5.74, 6) is -1.79. The van der Waals surface area contributed by atoms with Crippen LogP contribution in [-0.4, -0.2) is 44.1 Å². The Bertz CT molecular complexity index is 479. The second-order valence-electron chi connectivity index (χ2n) is 7.23. The summed E-state index contributed by atoms with van der Waals surface area (Å²) in [5.41, 5.74) is 4.51. The minimum Gasteiger partial charge on any atom is -0.481 e. The molecule has 0 fully saturated rings. The van der Waals surface area contributed by atoms with Crippen LogP contribution >= 0.6 is 7.60 Å². The second-order valence-corrected chi connectivity index (χ2v) is 8.92. The van der Waals surface area contributed by atoms with Crippen LogP contribution in [0.25, 0.3) is 0 Å². The molecule has 172 valence electrons. The van der Waals surface area contributed by atoms with Gasteiger partial charge in [0.15, 0.2) is 0 Å². The zero-order valence-corrected chi connectivity index (χ0v) is 18.4. The first kappa shape index (κ1) is 30.0. The highest BCUT2D eigenvalue weighted by atomic mass is 31.2. The molecule has 0 spiro atoms. The lowest BCUT2D eigenvalue weighted by Crippen LogP contribution is -2.31. The molecule has 29 heavy (non-hydrogen) atoms. The number of rotatable bonds is 18. The number of hydrogen-bond donors (Lipinski definition) is 5. The van der Waals surface area contributed by atoms with Crippen LogP contribution in [0.5, 0.6) is 0 Å². The lowest BCUT2D eigenvalue weighted by molar-refractivity contribution is -0.137. The van der Waals surface area contributed by atoms with Gasteiger partial charge in [-0.25, -0.2) is 0 Å². The molecule has 1 amide bonds. The normalized spacial score (nSPS) is 12.0. The molecule has 6 N–H and O–H groups in total. The Kier molecular flexibility index (Phi) is 20.8. The molecular formula is C20H40NO7P. The summed E-state index contributed by atoms with van der Waals surface area (Å²) in [6.07, 6.45) is 16.1. The molecule has 0 aliphatic carbocycles. The third kappa shape index (κ3) is 29.1. The van der Waals surface area contributed by atoms with Gasteiger partial charge in [0.2, 0.25) is 5.91 Å². The zero-order chi connectivity index (χ0) is 22.5. The fourth-order valence-electron chi connectivity index (χ4n) is 2.65. The number of primary amides is 1. The maximum atomic E-state index is 10.3. The van der Waals surface area contributed by atoms with E-state index < -0.39 is 31.7 Å². The molecular weight excluding hydrogens is 397 g/mol. The summed E-state index contributed by atoms with van der Waals surface area (Å²) < 4.78 is 10.1. The number of carbonyl (C=O) groups is 2. The minimum absolute atomic E-state index is 0.339. The van der Waals surface area contributed by atoms with E-state index in [1.54, 1.807) is 0 Å². The SMILES string of the molecule is C=CCCCCCCCCCCCCCCC(=O)O.NC(=O)C(O)CP(=O)(O)O. The number of aliphatic hydroxyl groups excluding tert-OH is 1. The predicted molar refractivity (Wildman–Crippen MR) is 115 cm³/mol. The molecule has 0 aromatic rings. The topological polar surface area (TPSA) is 158 Å². The molecule has 0 radical (unpaired) electrons. The molecule has 0 aromatic carbocycles. The average Bonchev–Trinajstić information content (AvgIpc) is 2.61. The Morgan fingerprint density at radius 1 is 0.862 bits per heavy atom. The van der Waals surface area contributed by atoms with Crippen molar-refractivity contribution in [1.29, 1.82) is 0 Å². The molecule has 0 heterocycles. The fourth-order valence-corrected chi connectivity index (χ4v) is 3.28. The van der Waals surface area contributed by atoms with Crippen LogP contribution in [0.1, 0.15) is 89.9 Å². The van der Waals surface area contributed by atoms with Crippen LogP contribution in [0.3, 0.4) is 0 Å². The number of unbranched alkanes of at least 4 members (excludes halogenated alkanes) is 12. The van der Waals surface area contributed by atoms with Gasteiger partial charge in [0.05, 0.1) is 6.16 Å². The second kappa shape index (κ2) is 20.1. The number of carboxylic acids is 1. The number of carbonyl (C=O) groups excluding carboxylic acids is 1. The van der Waals surface area contributed by atoms with Crippen LogP contribution < -0.4 is 5.73 Å². The van der Waals surface area contributed by atoms with Gasteiger partial charge in [0.1, 0.15) is 6.10 Å². The van der Waals surface area contributed by atoms with E-state index in [-0.39, 0.29) is 0 Å². The van der Waals surface area contributed by atoms with Gasteiger partial charge in [0, 0.05) is 6.42 Å². The smallest absolute Gasteiger partial charge is 0.328 e. The van der Waals surface area contributed by atoms with E-state index in [1.807, 2.05) is 6.08 Å². The first-order valence-corrected chi connectivity index (χ1v) is 12.2. The number of aliphatic carboxylic acids is 1. The minimum atomic E-state index is -4.33. The van der Waals surface area contributed by atoms with Gasteiger partial charge in [-0.15, -0.1) is 6.58 Å². The van der Waals surface area contributed by atoms with Crippen LogP contribution in [0.15, 0.2) is 12.7 Å². The van der Waals surface area contributed by atoms with Gasteiger partial charge in [-0.1, -0.05) is 70.3 Å². The lowest BCUT2D eigenvalue weighted by atomic mass is 10.0. The number of nitrogens with two attached hydrogens (primary N) is 1. The zero-order valence-electron chi connectivity index (χ0n) is 17.5. The molecule has 0 aliphatic rings. The molecule has 0 saturated heterocycles. The largest absolute Gasteiger partial charge is 0.481 e. The maximum Gasteiger partial charge on any atom is 0.328 e. The standard InChI is InChI=1S/C17H32O2.C3H8NO5P/c1-2-3-4-5-6-7-8-9-10-11-12-13-14-15-16-17(18)19;4-3(6)2(5)1-10(7,8)9/h2H,1,3-16H2,(H,18,19);2,5H,1H2,(H2,4,6)(H2,7,8,9). The van der Waals surface area contributed by atoms with Crippen molar-refractivity contribution in [2.75, 3.05) is 6.16 Å². The highest BCUT2D eigenvalue weighted by Gasteiger charge is 2.23. The van der Waals surface area contributed by atoms with E-state index in [4.69, 9.17) is 20.0 Å². The monoisotopic (exact) mass is 437 g/mol. The molecule has 8 nitrogen and oxygen atoms in total. The van der Waals surface area contributed by atoms with Crippen molar-refractivity contribution in [2.24, 2.45) is 5.73 Å². The Hall–Kier alpha value is -1.21. The number of carboxylic acid groups (broad SMARTS) is 1. The Morgan fingerprint density at radius 3 is 1.52 bits per heavy atom. The van der Waals surface area contributed by atoms with Crippen molar-refractivity contribution in [3.8, 4) is 0 Å². The molecule has 0 saturated carbocycles. The summed E-state index contributed by atoms with van der Waals surface area (Å²) in [5, 5.41) is 17.0. The molecule has 1 atom stereocenters. The molecule has 0 rings (SSSR count). The lowest BCUT2D eigenvalue weighted by Gasteiger charge is -2.06. The summed E-state index contributed by atoms with van der Waals surface area (Å²) in [4.78, 5) is 36.7. The summed E-state index contributed by atoms with van der Waals surface area (Å²) in [7, 11) is -4.33. The van der Waals surface area contributed by atoms with E-state index in [2.05, 4.69) is 12.3 Å². The average molecular weight is 438 g/mol. The first-order chi connectivity index (χ1) is 13.6. The third-order valence-electron chi connectivity index (χ3n) is 4.29. The molecule has 0 aliphatic heterocycles. The van der Waals surface area contributed by atoms with Gasteiger partial charge in [-0.05, 0) is 19.3 Å². The number of aliphatic hydroxyl groups is 1. The van der Waals surface area contributed by atoms with Gasteiger partial charge in [0.25, 0.3) is 0 Å².